The van der Waals surface area contributed by atoms with E-state index in [0.717, 1.165) is 6.61 Å². The third-order valence-electron chi connectivity index (χ3n) is 5.00. The number of hydrogen-bond acceptors (Lipinski definition) is 2. The van der Waals surface area contributed by atoms with E-state index >= 15 is 0 Å². The van der Waals surface area contributed by atoms with E-state index in [4.69, 9.17) is 4.43 Å². The average Bonchev–Trinajstić information content (AvgIpc) is 2.13. The first-order valence-corrected chi connectivity index (χ1v) is 10.1. The SMILES string of the molecule is CC1(C)CC(C(CO)CO[Si](C)(C)C(C)(C)C)C1. The molecule has 1 rings (SSSR count). The summed E-state index contributed by atoms with van der Waals surface area (Å²) in [6, 6.07) is 0. The van der Waals surface area contributed by atoms with Crippen molar-refractivity contribution < 1.29 is 9.53 Å². The lowest BCUT2D eigenvalue weighted by atomic mass is 9.60. The molecule has 1 fully saturated rings. The van der Waals surface area contributed by atoms with Crippen LogP contribution in [0.1, 0.15) is 47.5 Å². The second-order valence-electron chi connectivity index (χ2n) is 8.35. The van der Waals surface area contributed by atoms with Crippen molar-refractivity contribution in [2.24, 2.45) is 17.3 Å². The molecule has 0 aromatic heterocycles. The van der Waals surface area contributed by atoms with Gasteiger partial charge in [0.15, 0.2) is 8.32 Å². The van der Waals surface area contributed by atoms with Gasteiger partial charge in [0.25, 0.3) is 0 Å². The van der Waals surface area contributed by atoms with Gasteiger partial charge in [-0.3, -0.25) is 0 Å². The number of rotatable bonds is 5. The van der Waals surface area contributed by atoms with Crippen LogP contribution in [-0.4, -0.2) is 26.6 Å². The molecule has 3 heteroatoms. The van der Waals surface area contributed by atoms with Gasteiger partial charge in [-0.1, -0.05) is 34.6 Å². The minimum absolute atomic E-state index is 0.256. The normalized spacial score (nSPS) is 22.7. The van der Waals surface area contributed by atoms with Crippen LogP contribution in [0.4, 0.5) is 0 Å². The van der Waals surface area contributed by atoms with Crippen LogP contribution in [0.25, 0.3) is 0 Å². The van der Waals surface area contributed by atoms with Crippen molar-refractivity contribution >= 4 is 8.32 Å². The summed E-state index contributed by atoms with van der Waals surface area (Å²) in [5.74, 6) is 1.00. The van der Waals surface area contributed by atoms with E-state index in [0.29, 0.717) is 17.3 Å². The Labute approximate surface area is 114 Å². The molecule has 0 saturated heterocycles. The van der Waals surface area contributed by atoms with Crippen LogP contribution in [0.5, 0.6) is 0 Å². The van der Waals surface area contributed by atoms with Crippen LogP contribution in [0.15, 0.2) is 0 Å². The zero-order valence-corrected chi connectivity index (χ0v) is 14.3. The van der Waals surface area contributed by atoms with E-state index in [9.17, 15) is 5.11 Å². The zero-order valence-electron chi connectivity index (χ0n) is 13.3. The Bertz CT molecular complexity index is 271. The molecular weight excluding hydrogens is 240 g/mol. The predicted molar refractivity (Wildman–Crippen MR) is 80.2 cm³/mol. The minimum atomic E-state index is -1.67. The average molecular weight is 273 g/mol. The van der Waals surface area contributed by atoms with E-state index in [1.807, 2.05) is 0 Å². The molecule has 1 aliphatic rings. The fourth-order valence-electron chi connectivity index (χ4n) is 2.56. The Hall–Kier alpha value is 0.137. The van der Waals surface area contributed by atoms with Crippen molar-refractivity contribution in [3.8, 4) is 0 Å². The molecule has 1 atom stereocenters. The first-order chi connectivity index (χ1) is 7.98. The molecule has 1 aliphatic carbocycles. The van der Waals surface area contributed by atoms with Gasteiger partial charge in [0.2, 0.25) is 0 Å². The molecule has 1 saturated carbocycles. The molecule has 0 aromatic carbocycles. The summed E-state index contributed by atoms with van der Waals surface area (Å²) in [6.45, 7) is 17.0. The van der Waals surface area contributed by atoms with E-state index < -0.39 is 8.32 Å². The summed E-state index contributed by atoms with van der Waals surface area (Å²) in [5, 5.41) is 9.82. The molecule has 0 aliphatic heterocycles. The first-order valence-electron chi connectivity index (χ1n) is 7.23. The highest BCUT2D eigenvalue weighted by molar-refractivity contribution is 6.74. The summed E-state index contributed by atoms with van der Waals surface area (Å²) >= 11 is 0. The van der Waals surface area contributed by atoms with Gasteiger partial charge in [0, 0.05) is 19.1 Å². The van der Waals surface area contributed by atoms with E-state index in [1.165, 1.54) is 12.8 Å². The summed E-state index contributed by atoms with van der Waals surface area (Å²) in [5.41, 5.74) is 0.481. The predicted octanol–water partition coefficient (Wildman–Crippen LogP) is 4.05. The maximum Gasteiger partial charge on any atom is 0.191 e. The van der Waals surface area contributed by atoms with Gasteiger partial charge in [-0.2, -0.15) is 0 Å². The summed E-state index contributed by atoms with van der Waals surface area (Å²) in [4.78, 5) is 0. The Balaban J connectivity index is 2.46. The lowest BCUT2D eigenvalue weighted by Crippen LogP contribution is -2.45. The lowest BCUT2D eigenvalue weighted by Gasteiger charge is -2.47. The third-order valence-corrected chi connectivity index (χ3v) is 9.50. The Morgan fingerprint density at radius 3 is 2.11 bits per heavy atom. The monoisotopic (exact) mass is 272 g/mol. The lowest BCUT2D eigenvalue weighted by molar-refractivity contribution is 0.00176. The first kappa shape index (κ1) is 16.2. The van der Waals surface area contributed by atoms with Crippen molar-refractivity contribution in [1.29, 1.82) is 0 Å². The Morgan fingerprint density at radius 2 is 1.78 bits per heavy atom. The van der Waals surface area contributed by atoms with Crippen molar-refractivity contribution in [2.75, 3.05) is 13.2 Å². The molecular formula is C15H32O2Si. The van der Waals surface area contributed by atoms with Crippen LogP contribution in [0, 0.1) is 17.3 Å². The van der Waals surface area contributed by atoms with Gasteiger partial charge in [0.1, 0.15) is 0 Å². The Kier molecular flexibility index (Phi) is 4.73. The van der Waals surface area contributed by atoms with Gasteiger partial charge in [-0.15, -0.1) is 0 Å². The largest absolute Gasteiger partial charge is 0.416 e. The molecule has 0 amide bonds. The fourth-order valence-corrected chi connectivity index (χ4v) is 3.63. The van der Waals surface area contributed by atoms with Crippen molar-refractivity contribution in [1.82, 2.24) is 0 Å². The van der Waals surface area contributed by atoms with Crippen LogP contribution < -0.4 is 0 Å². The standard InChI is InChI=1S/C15H32O2Si/c1-14(2,3)18(6,7)17-11-13(10-16)12-8-15(4,5)9-12/h12-13,16H,8-11H2,1-7H3. The van der Waals surface area contributed by atoms with Crippen molar-refractivity contribution in [3.63, 3.8) is 0 Å². The number of aliphatic hydroxyl groups is 1. The maximum absolute atomic E-state index is 9.57. The molecule has 0 heterocycles. The smallest absolute Gasteiger partial charge is 0.191 e. The molecule has 2 nitrogen and oxygen atoms in total. The summed E-state index contributed by atoms with van der Waals surface area (Å²) in [6.07, 6.45) is 2.47. The van der Waals surface area contributed by atoms with Gasteiger partial charge in [-0.25, -0.2) is 0 Å². The van der Waals surface area contributed by atoms with Crippen molar-refractivity contribution in [3.05, 3.63) is 0 Å². The second-order valence-corrected chi connectivity index (χ2v) is 13.2. The Morgan fingerprint density at radius 1 is 1.28 bits per heavy atom. The molecule has 1 unspecified atom stereocenters. The van der Waals surface area contributed by atoms with Crippen LogP contribution in [0.3, 0.4) is 0 Å². The van der Waals surface area contributed by atoms with Gasteiger partial charge >= 0.3 is 0 Å². The van der Waals surface area contributed by atoms with E-state index in [1.54, 1.807) is 0 Å². The maximum atomic E-state index is 9.57. The highest BCUT2D eigenvalue weighted by Crippen LogP contribution is 2.48. The van der Waals surface area contributed by atoms with Crippen LogP contribution in [0.2, 0.25) is 18.1 Å². The zero-order chi connectivity index (χ0) is 14.2. The quantitative estimate of drug-likeness (QED) is 0.765. The summed E-state index contributed by atoms with van der Waals surface area (Å²) in [7, 11) is -1.67. The molecule has 0 aromatic rings. The van der Waals surface area contributed by atoms with Gasteiger partial charge < -0.3 is 9.53 Å². The van der Waals surface area contributed by atoms with Gasteiger partial charge in [-0.05, 0) is 42.3 Å². The topological polar surface area (TPSA) is 29.5 Å². The molecule has 108 valence electrons. The van der Waals surface area contributed by atoms with Gasteiger partial charge in [0.05, 0.1) is 0 Å². The number of aliphatic hydroxyl groups excluding tert-OH is 1. The molecule has 18 heavy (non-hydrogen) atoms. The molecule has 0 radical (unpaired) electrons. The molecule has 1 N–H and O–H groups in total. The van der Waals surface area contributed by atoms with E-state index in [-0.39, 0.29) is 11.6 Å². The second kappa shape index (κ2) is 5.26. The fraction of sp³-hybridized carbons (Fsp3) is 1.00. The van der Waals surface area contributed by atoms with Crippen LogP contribution >= 0.6 is 0 Å². The highest BCUT2D eigenvalue weighted by atomic mass is 28.4. The van der Waals surface area contributed by atoms with Crippen molar-refractivity contribution in [2.45, 2.75) is 65.6 Å². The third kappa shape index (κ3) is 3.81. The molecule has 0 bridgehead atoms. The highest BCUT2D eigenvalue weighted by Gasteiger charge is 2.42. The van der Waals surface area contributed by atoms with Crippen LogP contribution in [-0.2, 0) is 4.43 Å². The van der Waals surface area contributed by atoms with E-state index in [2.05, 4.69) is 47.7 Å². The minimum Gasteiger partial charge on any atom is -0.416 e. The summed E-state index contributed by atoms with van der Waals surface area (Å²) < 4.78 is 6.25. The number of hydrogen-bond donors (Lipinski definition) is 1. The molecule has 0 spiro atoms.